The molecule has 1 saturated carbocycles. The van der Waals surface area contributed by atoms with Crippen LogP contribution in [0.4, 0.5) is 0 Å². The van der Waals surface area contributed by atoms with Crippen molar-refractivity contribution in [1.29, 1.82) is 0 Å². The Morgan fingerprint density at radius 3 is 2.42 bits per heavy atom. The zero-order chi connectivity index (χ0) is 13.9. The summed E-state index contributed by atoms with van der Waals surface area (Å²) in [7, 11) is 1.31. The Bertz CT molecular complexity index is 287. The molecule has 4 N–H and O–H groups in total. The van der Waals surface area contributed by atoms with Gasteiger partial charge in [-0.2, -0.15) is 0 Å². The zero-order valence-electron chi connectivity index (χ0n) is 12.0. The summed E-state index contributed by atoms with van der Waals surface area (Å²) in [6.07, 6.45) is 1.34. The van der Waals surface area contributed by atoms with Gasteiger partial charge in [0.15, 0.2) is 0 Å². The summed E-state index contributed by atoms with van der Waals surface area (Å²) in [4.78, 5) is 11.5. The molecule has 0 aliphatic heterocycles. The number of hydrogen-bond acceptors (Lipinski definition) is 4. The third-order valence-corrected chi connectivity index (χ3v) is 4.30. The number of hydrogen-bond donors (Lipinski definition) is 2. The number of esters is 1. The van der Waals surface area contributed by atoms with Crippen LogP contribution in [0.3, 0.4) is 0 Å². The summed E-state index contributed by atoms with van der Waals surface area (Å²) in [5.41, 5.74) is 14.3. The van der Waals surface area contributed by atoms with Gasteiger partial charge in [-0.3, -0.25) is 4.79 Å². The number of rotatable bonds is 5. The van der Waals surface area contributed by atoms with Crippen molar-refractivity contribution in [1.82, 2.24) is 0 Å². The van der Waals surface area contributed by atoms with Crippen LogP contribution in [0.2, 0.25) is 0 Å². The molecular formula is C13H25AcN2O3-. The van der Waals surface area contributed by atoms with Gasteiger partial charge in [0.05, 0.1) is 19.1 Å². The van der Waals surface area contributed by atoms with Crippen molar-refractivity contribution < 1.29 is 58.7 Å². The molecule has 1 aliphatic carbocycles. The van der Waals surface area contributed by atoms with E-state index in [0.717, 1.165) is 12.8 Å². The van der Waals surface area contributed by atoms with E-state index in [1.807, 2.05) is 13.8 Å². The summed E-state index contributed by atoms with van der Waals surface area (Å²) in [6.45, 7) is 4.08. The van der Waals surface area contributed by atoms with Gasteiger partial charge >= 0.3 is 5.97 Å². The number of nitrogens with two attached hydrogens (primary N) is 1. The largest absolute Gasteiger partial charge is 0.674 e. The minimum absolute atomic E-state index is 0. The predicted molar refractivity (Wildman–Crippen MR) is 69.8 cm³/mol. The molecule has 0 aromatic rings. The Balaban J connectivity index is 0.00000324. The third-order valence-electron chi connectivity index (χ3n) is 4.30. The molecule has 5 unspecified atom stereocenters. The smallest absolute Gasteiger partial charge is 0.311 e. The molecule has 0 heterocycles. The number of methoxy groups -OCH3 is 1. The topological polar surface area (TPSA) is 96.4 Å². The average Bonchev–Trinajstić information content (AvgIpc) is 2.65. The molecule has 0 spiro atoms. The molecule has 6 heteroatoms. The van der Waals surface area contributed by atoms with Crippen molar-refractivity contribution in [3.05, 3.63) is 5.73 Å². The van der Waals surface area contributed by atoms with Crippen molar-refractivity contribution in [2.45, 2.75) is 51.3 Å². The Morgan fingerprint density at radius 2 is 2.00 bits per heavy atom. The summed E-state index contributed by atoms with van der Waals surface area (Å²) >= 11 is 0. The zero-order valence-corrected chi connectivity index (χ0v) is 16.7. The van der Waals surface area contributed by atoms with Gasteiger partial charge < -0.3 is 21.3 Å². The van der Waals surface area contributed by atoms with E-state index in [2.05, 4.69) is 4.74 Å². The second kappa shape index (κ2) is 8.94. The first-order chi connectivity index (χ1) is 8.47. The fourth-order valence-electron chi connectivity index (χ4n) is 3.09. The minimum Gasteiger partial charge on any atom is -0.674 e. The van der Waals surface area contributed by atoms with Crippen molar-refractivity contribution in [2.24, 2.45) is 23.5 Å². The molecular weight excluding hydrogens is 459 g/mol. The standard InChI is InChI=1S/C13H25N2O3.Ac/c1-4-7(5-2)11(15)10-9(14)6-8(12(10)16)13(17)18-3;/h7-12,15-16H,4-6,14H2,1-3H3;/q-1;. The molecule has 5 atom stereocenters. The van der Waals surface area contributed by atoms with E-state index >= 15 is 0 Å². The molecule has 1 aliphatic rings. The van der Waals surface area contributed by atoms with Crippen molar-refractivity contribution in [3.63, 3.8) is 0 Å². The van der Waals surface area contributed by atoms with Crippen LogP contribution in [-0.4, -0.2) is 36.4 Å². The van der Waals surface area contributed by atoms with Gasteiger partial charge in [-0.25, -0.2) is 0 Å². The molecule has 1 radical (unpaired) electrons. The van der Waals surface area contributed by atoms with Crippen molar-refractivity contribution in [3.8, 4) is 0 Å². The second-order valence-corrected chi connectivity index (χ2v) is 5.20. The minimum atomic E-state index is -0.851. The van der Waals surface area contributed by atoms with Gasteiger partial charge in [-0.15, -0.1) is 6.04 Å². The summed E-state index contributed by atoms with van der Waals surface area (Å²) in [6, 6.07) is -0.716. The van der Waals surface area contributed by atoms with Crippen LogP contribution >= 0.6 is 0 Å². The van der Waals surface area contributed by atoms with Gasteiger partial charge in [0.25, 0.3) is 0 Å². The number of aliphatic hydroxyl groups is 1. The second-order valence-electron chi connectivity index (χ2n) is 5.20. The SMILES string of the molecule is CCC(CC)C([NH-])C1C(N)CC(C(=O)OC)C1O.[Ac]. The van der Waals surface area contributed by atoms with Crippen LogP contribution in [0.1, 0.15) is 33.1 Å². The number of aliphatic hydroxyl groups excluding tert-OH is 1. The maximum absolute atomic E-state index is 11.5. The fourth-order valence-corrected chi connectivity index (χ4v) is 3.09. The molecule has 19 heavy (non-hydrogen) atoms. The maximum Gasteiger partial charge on any atom is 0.311 e. The Labute approximate surface area is 151 Å². The molecule has 1 rings (SSSR count). The molecule has 5 nitrogen and oxygen atoms in total. The first kappa shape index (κ1) is 19.8. The van der Waals surface area contributed by atoms with Crippen LogP contribution in [0.15, 0.2) is 0 Å². The molecule has 0 aromatic carbocycles. The maximum atomic E-state index is 11.5. The Morgan fingerprint density at radius 1 is 1.47 bits per heavy atom. The summed E-state index contributed by atoms with van der Waals surface area (Å²) in [5.74, 6) is -1.11. The van der Waals surface area contributed by atoms with E-state index < -0.39 is 24.0 Å². The van der Waals surface area contributed by atoms with Crippen LogP contribution < -0.4 is 5.73 Å². The van der Waals surface area contributed by atoms with Crippen LogP contribution in [0.5, 0.6) is 0 Å². The van der Waals surface area contributed by atoms with E-state index in [9.17, 15) is 9.90 Å². The average molecular weight is 484 g/mol. The van der Waals surface area contributed by atoms with Gasteiger partial charge in [0.1, 0.15) is 0 Å². The Kier molecular flexibility index (Phi) is 9.31. The molecule has 0 saturated heterocycles. The predicted octanol–water partition coefficient (Wildman–Crippen LogP) is 1.34. The monoisotopic (exact) mass is 484 g/mol. The number of carbonyl (C=O) groups is 1. The van der Waals surface area contributed by atoms with E-state index in [4.69, 9.17) is 11.5 Å². The van der Waals surface area contributed by atoms with E-state index in [-0.39, 0.29) is 61.9 Å². The van der Waals surface area contributed by atoms with Crippen molar-refractivity contribution >= 4 is 5.97 Å². The van der Waals surface area contributed by atoms with Gasteiger partial charge in [-0.05, 0) is 12.3 Å². The normalized spacial score (nSPS) is 31.9. The van der Waals surface area contributed by atoms with Crippen molar-refractivity contribution in [2.75, 3.05) is 7.11 Å². The quantitative estimate of drug-likeness (QED) is 0.576. The third kappa shape index (κ3) is 4.38. The van der Waals surface area contributed by atoms with Crippen LogP contribution in [-0.2, 0) is 9.53 Å². The van der Waals surface area contributed by atoms with Gasteiger partial charge in [-0.1, -0.05) is 32.6 Å². The van der Waals surface area contributed by atoms with Crippen LogP contribution in [0, 0.1) is 61.8 Å². The van der Waals surface area contributed by atoms with E-state index in [1.54, 1.807) is 0 Å². The van der Waals surface area contributed by atoms with Crippen LogP contribution in [0.25, 0.3) is 5.73 Å². The fraction of sp³-hybridized carbons (Fsp3) is 0.923. The number of carbonyl (C=O) groups excluding carboxylic acids is 1. The van der Waals surface area contributed by atoms with Gasteiger partial charge in [0.2, 0.25) is 0 Å². The van der Waals surface area contributed by atoms with E-state index in [0.29, 0.717) is 6.42 Å². The first-order valence-electron chi connectivity index (χ1n) is 6.70. The molecule has 0 bridgehead atoms. The number of nitrogens with one attached hydrogen (secondary N) is 1. The first-order valence-corrected chi connectivity index (χ1v) is 6.70. The molecule has 0 aromatic heterocycles. The summed E-state index contributed by atoms with van der Waals surface area (Å²) < 4.78 is 4.68. The van der Waals surface area contributed by atoms with E-state index in [1.165, 1.54) is 7.11 Å². The molecule has 1 fully saturated rings. The summed E-state index contributed by atoms with van der Waals surface area (Å²) in [5, 5.41) is 10.2. The molecule has 109 valence electrons. The Hall–Kier alpha value is 0.792. The number of ether oxygens (including phenoxy) is 1. The van der Waals surface area contributed by atoms with Gasteiger partial charge in [0, 0.05) is 50.1 Å². The molecule has 0 amide bonds.